The van der Waals surface area contributed by atoms with Crippen molar-refractivity contribution in [2.45, 2.75) is 19.8 Å². The van der Waals surface area contributed by atoms with E-state index in [1.807, 2.05) is 0 Å². The van der Waals surface area contributed by atoms with Gasteiger partial charge >= 0.3 is 0 Å². The predicted molar refractivity (Wildman–Crippen MR) is 105 cm³/mol. The molecular formula is C24H20O2. The van der Waals surface area contributed by atoms with Crippen molar-refractivity contribution in [1.82, 2.24) is 0 Å². The van der Waals surface area contributed by atoms with Crippen LogP contribution < -0.4 is 0 Å². The minimum Gasteiger partial charge on any atom is -0.461 e. The third-order valence-corrected chi connectivity index (χ3v) is 5.89. The Morgan fingerprint density at radius 3 is 2.58 bits per heavy atom. The lowest BCUT2D eigenvalue weighted by molar-refractivity contribution is 0.0841. The number of hydrogen-bond donors (Lipinski definition) is 0. The number of carbonyl (C=O) groups is 1. The molecule has 0 amide bonds. The Labute approximate surface area is 152 Å². The maximum Gasteiger partial charge on any atom is 0.201 e. The fourth-order valence-electron chi connectivity index (χ4n) is 4.48. The fraction of sp³-hybridized carbons (Fsp3) is 0.208. The summed E-state index contributed by atoms with van der Waals surface area (Å²) >= 11 is 0. The molecule has 0 aliphatic heterocycles. The highest BCUT2D eigenvalue weighted by Crippen LogP contribution is 2.38. The zero-order valence-corrected chi connectivity index (χ0v) is 14.7. The number of hydrogen-bond acceptors (Lipinski definition) is 2. The Balaban J connectivity index is 1.62. The van der Waals surface area contributed by atoms with Crippen molar-refractivity contribution in [2.75, 3.05) is 0 Å². The van der Waals surface area contributed by atoms with Gasteiger partial charge < -0.3 is 4.42 Å². The van der Waals surface area contributed by atoms with Crippen LogP contribution in [0.3, 0.4) is 0 Å². The van der Waals surface area contributed by atoms with Crippen molar-refractivity contribution >= 4 is 27.3 Å². The van der Waals surface area contributed by atoms with E-state index in [9.17, 15) is 4.79 Å². The molecule has 0 N–H and O–H groups in total. The van der Waals surface area contributed by atoms with Crippen molar-refractivity contribution < 1.29 is 9.21 Å². The van der Waals surface area contributed by atoms with E-state index in [1.54, 1.807) is 18.4 Å². The minimum atomic E-state index is -0.00782. The Morgan fingerprint density at radius 1 is 0.885 bits per heavy atom. The molecule has 1 aromatic heterocycles. The summed E-state index contributed by atoms with van der Waals surface area (Å²) in [7, 11) is 0. The van der Waals surface area contributed by atoms with Gasteiger partial charge in [0.2, 0.25) is 5.78 Å². The lowest BCUT2D eigenvalue weighted by Crippen LogP contribution is -2.30. The first-order valence-electron chi connectivity index (χ1n) is 9.22. The second-order valence-electron chi connectivity index (χ2n) is 7.42. The van der Waals surface area contributed by atoms with Crippen molar-refractivity contribution in [3.8, 4) is 0 Å². The second kappa shape index (κ2) is 5.84. The fourth-order valence-corrected chi connectivity index (χ4v) is 4.48. The van der Waals surface area contributed by atoms with E-state index in [0.717, 1.165) is 12.8 Å². The van der Waals surface area contributed by atoms with Crippen LogP contribution in [0.2, 0.25) is 0 Å². The lowest BCUT2D eigenvalue weighted by atomic mass is 9.73. The van der Waals surface area contributed by atoms with Gasteiger partial charge in [-0.1, -0.05) is 55.5 Å². The minimum absolute atomic E-state index is 0.00782. The predicted octanol–water partition coefficient (Wildman–Crippen LogP) is 5.82. The van der Waals surface area contributed by atoms with Crippen molar-refractivity contribution in [1.29, 1.82) is 0 Å². The van der Waals surface area contributed by atoms with E-state index in [-0.39, 0.29) is 11.7 Å². The average Bonchev–Trinajstić information content (AvgIpc) is 3.21. The normalized spacial score (nSPS) is 19.6. The summed E-state index contributed by atoms with van der Waals surface area (Å²) in [4.78, 5) is 12.8. The van der Waals surface area contributed by atoms with Crippen molar-refractivity contribution in [3.05, 3.63) is 83.8 Å². The van der Waals surface area contributed by atoms with E-state index < -0.39 is 0 Å². The van der Waals surface area contributed by atoms with Crippen LogP contribution in [-0.4, -0.2) is 5.78 Å². The number of rotatable bonds is 2. The molecule has 2 atom stereocenters. The van der Waals surface area contributed by atoms with Gasteiger partial charge in [-0.3, -0.25) is 4.79 Å². The van der Waals surface area contributed by atoms with Crippen LogP contribution in [-0.2, 0) is 12.8 Å². The highest BCUT2D eigenvalue weighted by molar-refractivity contribution is 6.09. The SMILES string of the molecule is CC1Cc2c(ccc3c2ccc2ccccc23)CC1C(=O)c1ccco1. The van der Waals surface area contributed by atoms with E-state index in [0.29, 0.717) is 11.7 Å². The van der Waals surface area contributed by atoms with Gasteiger partial charge in [-0.15, -0.1) is 0 Å². The zero-order valence-electron chi connectivity index (χ0n) is 14.7. The topological polar surface area (TPSA) is 30.2 Å². The molecule has 0 bridgehead atoms. The Kier molecular flexibility index (Phi) is 3.46. The molecule has 2 heteroatoms. The first kappa shape index (κ1) is 15.4. The van der Waals surface area contributed by atoms with Gasteiger partial charge in [-0.25, -0.2) is 0 Å². The van der Waals surface area contributed by atoms with Gasteiger partial charge in [0.25, 0.3) is 0 Å². The molecular weight excluding hydrogens is 320 g/mol. The molecule has 26 heavy (non-hydrogen) atoms. The van der Waals surface area contributed by atoms with Crippen LogP contribution >= 0.6 is 0 Å². The number of ketones is 1. The molecule has 128 valence electrons. The van der Waals surface area contributed by atoms with Gasteiger partial charge in [0.1, 0.15) is 0 Å². The Hall–Kier alpha value is -2.87. The quantitative estimate of drug-likeness (QED) is 0.340. The van der Waals surface area contributed by atoms with Gasteiger partial charge in [0, 0.05) is 5.92 Å². The molecule has 4 aromatic rings. The van der Waals surface area contributed by atoms with Gasteiger partial charge in [0.15, 0.2) is 5.76 Å². The van der Waals surface area contributed by atoms with E-state index in [2.05, 4.69) is 55.5 Å². The second-order valence-corrected chi connectivity index (χ2v) is 7.42. The van der Waals surface area contributed by atoms with Gasteiger partial charge in [-0.2, -0.15) is 0 Å². The van der Waals surface area contributed by atoms with E-state index >= 15 is 0 Å². The number of furan rings is 1. The maximum atomic E-state index is 12.8. The highest BCUT2D eigenvalue weighted by Gasteiger charge is 2.33. The van der Waals surface area contributed by atoms with Crippen LogP contribution in [0.5, 0.6) is 0 Å². The van der Waals surface area contributed by atoms with Crippen molar-refractivity contribution in [2.24, 2.45) is 11.8 Å². The summed E-state index contributed by atoms with van der Waals surface area (Å²) in [6.45, 7) is 2.19. The molecule has 2 nitrogen and oxygen atoms in total. The molecule has 1 aliphatic carbocycles. The summed E-state index contributed by atoms with van der Waals surface area (Å²) in [6.07, 6.45) is 3.30. The molecule has 0 fully saturated rings. The maximum absolute atomic E-state index is 12.8. The standard InChI is InChI=1S/C24H20O2/c1-15-13-22-17(14-21(15)24(25)23-7-4-12-26-23)9-11-19-18-6-3-2-5-16(18)8-10-20(19)22/h2-12,15,21H,13-14H2,1H3. The molecule has 2 unspecified atom stereocenters. The third-order valence-electron chi connectivity index (χ3n) is 5.89. The monoisotopic (exact) mass is 340 g/mol. The number of fused-ring (bicyclic) bond motifs is 5. The van der Waals surface area contributed by atoms with Crippen LogP contribution in [0.4, 0.5) is 0 Å². The summed E-state index contributed by atoms with van der Waals surface area (Å²) in [6, 6.07) is 21.0. The lowest BCUT2D eigenvalue weighted by Gasteiger charge is -2.30. The molecule has 0 spiro atoms. The van der Waals surface area contributed by atoms with E-state index in [1.165, 1.54) is 32.7 Å². The summed E-state index contributed by atoms with van der Waals surface area (Å²) < 4.78 is 5.35. The summed E-state index contributed by atoms with van der Waals surface area (Å²) in [5.41, 5.74) is 2.71. The highest BCUT2D eigenvalue weighted by atomic mass is 16.3. The van der Waals surface area contributed by atoms with Crippen LogP contribution in [0, 0.1) is 11.8 Å². The zero-order chi connectivity index (χ0) is 17.7. The number of Topliss-reactive ketones (excluding diaryl/α,β-unsaturated/α-hetero) is 1. The summed E-state index contributed by atoms with van der Waals surface area (Å²) in [5.74, 6) is 0.910. The number of benzene rings is 3. The van der Waals surface area contributed by atoms with Crippen LogP contribution in [0.25, 0.3) is 21.5 Å². The molecule has 5 rings (SSSR count). The van der Waals surface area contributed by atoms with Crippen LogP contribution in [0.1, 0.15) is 28.6 Å². The molecule has 1 aliphatic rings. The Morgan fingerprint density at radius 2 is 1.73 bits per heavy atom. The molecule has 0 saturated carbocycles. The third kappa shape index (κ3) is 2.29. The molecule has 0 radical (unpaired) electrons. The molecule has 3 aromatic carbocycles. The van der Waals surface area contributed by atoms with E-state index in [4.69, 9.17) is 4.42 Å². The van der Waals surface area contributed by atoms with Crippen LogP contribution in [0.15, 0.2) is 71.3 Å². The van der Waals surface area contributed by atoms with Gasteiger partial charge in [0.05, 0.1) is 6.26 Å². The summed E-state index contributed by atoms with van der Waals surface area (Å²) in [5, 5.41) is 5.21. The van der Waals surface area contributed by atoms with Gasteiger partial charge in [-0.05, 0) is 63.6 Å². The first-order valence-corrected chi connectivity index (χ1v) is 9.22. The van der Waals surface area contributed by atoms with Crippen molar-refractivity contribution in [3.63, 3.8) is 0 Å². The average molecular weight is 340 g/mol. The number of carbonyl (C=O) groups excluding carboxylic acids is 1. The first-order chi connectivity index (χ1) is 12.7. The Bertz CT molecular complexity index is 1120. The molecule has 0 saturated heterocycles. The molecule has 1 heterocycles. The largest absolute Gasteiger partial charge is 0.461 e. The smallest absolute Gasteiger partial charge is 0.201 e.